The Morgan fingerprint density at radius 2 is 1.95 bits per heavy atom. The number of hydrogen-bond donors (Lipinski definition) is 2. The molecule has 1 atom stereocenters. The second-order valence-electron chi connectivity index (χ2n) is 6.27. The van der Waals surface area contributed by atoms with Gasteiger partial charge in [0.2, 0.25) is 0 Å². The van der Waals surface area contributed by atoms with Crippen molar-refractivity contribution in [2.24, 2.45) is 5.92 Å². The highest BCUT2D eigenvalue weighted by Gasteiger charge is 2.14. The van der Waals surface area contributed by atoms with Crippen molar-refractivity contribution >= 4 is 5.97 Å². The smallest absolute Gasteiger partial charge is 0.310 e. The first-order valence-corrected chi connectivity index (χ1v) is 8.19. The molecule has 0 aliphatic heterocycles. The van der Waals surface area contributed by atoms with Crippen molar-refractivity contribution in [3.8, 4) is 0 Å². The van der Waals surface area contributed by atoms with Gasteiger partial charge in [-0.2, -0.15) is 0 Å². The maximum Gasteiger partial charge on any atom is 0.310 e. The van der Waals surface area contributed by atoms with Gasteiger partial charge in [0.1, 0.15) is 0 Å². The third kappa shape index (κ3) is 5.16. The highest BCUT2D eigenvalue weighted by Crippen LogP contribution is 2.28. The van der Waals surface area contributed by atoms with E-state index in [-0.39, 0.29) is 0 Å². The van der Waals surface area contributed by atoms with Gasteiger partial charge in [0.25, 0.3) is 0 Å². The third-order valence-electron chi connectivity index (χ3n) is 4.62. The van der Waals surface area contributed by atoms with Crippen LogP contribution in [-0.2, 0) is 11.3 Å². The number of aliphatic carboxylic acids is 1. The Morgan fingerprint density at radius 1 is 1.29 bits per heavy atom. The van der Waals surface area contributed by atoms with E-state index in [9.17, 15) is 4.79 Å². The van der Waals surface area contributed by atoms with Crippen LogP contribution in [0.5, 0.6) is 0 Å². The maximum absolute atomic E-state index is 10.9. The highest BCUT2D eigenvalue weighted by molar-refractivity contribution is 5.75. The molecular formula is C18H27NO2. The second kappa shape index (κ2) is 8.18. The molecule has 2 rings (SSSR count). The highest BCUT2D eigenvalue weighted by atomic mass is 16.4. The van der Waals surface area contributed by atoms with E-state index in [0.29, 0.717) is 0 Å². The first-order valence-electron chi connectivity index (χ1n) is 8.19. The van der Waals surface area contributed by atoms with Crippen LogP contribution < -0.4 is 5.32 Å². The topological polar surface area (TPSA) is 49.3 Å². The minimum absolute atomic E-state index is 0.432. The van der Waals surface area contributed by atoms with Gasteiger partial charge in [-0.3, -0.25) is 4.79 Å². The molecule has 3 heteroatoms. The van der Waals surface area contributed by atoms with E-state index < -0.39 is 11.9 Å². The number of nitrogens with one attached hydrogen (secondary N) is 1. The van der Waals surface area contributed by atoms with Crippen molar-refractivity contribution in [2.75, 3.05) is 6.54 Å². The van der Waals surface area contributed by atoms with Crippen LogP contribution in [0.15, 0.2) is 24.3 Å². The maximum atomic E-state index is 10.9. The molecule has 0 bridgehead atoms. The minimum atomic E-state index is -0.771. The molecule has 1 aliphatic rings. The van der Waals surface area contributed by atoms with E-state index in [1.807, 2.05) is 24.3 Å². The number of benzene rings is 1. The van der Waals surface area contributed by atoms with Crippen LogP contribution in [0, 0.1) is 5.92 Å². The summed E-state index contributed by atoms with van der Waals surface area (Å²) in [7, 11) is 0. The van der Waals surface area contributed by atoms with Crippen LogP contribution in [0.1, 0.15) is 62.5 Å². The normalized spacial score (nSPS) is 17.0. The lowest BCUT2D eigenvalue weighted by molar-refractivity contribution is -0.138. The average molecular weight is 289 g/mol. The molecule has 3 nitrogen and oxygen atoms in total. The number of rotatable bonds is 8. The fraction of sp³-hybridized carbons (Fsp3) is 0.611. The first-order chi connectivity index (χ1) is 10.2. The number of carboxylic acids is 1. The zero-order valence-electron chi connectivity index (χ0n) is 13.0. The van der Waals surface area contributed by atoms with E-state index in [4.69, 9.17) is 5.11 Å². The van der Waals surface area contributed by atoms with Crippen molar-refractivity contribution in [2.45, 2.75) is 57.9 Å². The molecule has 2 N–H and O–H groups in total. The third-order valence-corrected chi connectivity index (χ3v) is 4.62. The van der Waals surface area contributed by atoms with Crippen molar-refractivity contribution in [3.63, 3.8) is 0 Å². The minimum Gasteiger partial charge on any atom is -0.481 e. The Bertz CT molecular complexity index is 435. The summed E-state index contributed by atoms with van der Waals surface area (Å²) in [6, 6.07) is 7.90. The molecule has 0 radical (unpaired) electrons. The van der Waals surface area contributed by atoms with Gasteiger partial charge in [0.05, 0.1) is 5.92 Å². The molecule has 1 unspecified atom stereocenters. The lowest BCUT2D eigenvalue weighted by Crippen LogP contribution is -2.15. The summed E-state index contributed by atoms with van der Waals surface area (Å²) in [4.78, 5) is 10.9. The van der Waals surface area contributed by atoms with Crippen LogP contribution in [0.2, 0.25) is 0 Å². The summed E-state index contributed by atoms with van der Waals surface area (Å²) in [5.41, 5.74) is 2.09. The summed E-state index contributed by atoms with van der Waals surface area (Å²) < 4.78 is 0. The summed E-state index contributed by atoms with van der Waals surface area (Å²) in [6.07, 6.45) is 8.35. The van der Waals surface area contributed by atoms with Gasteiger partial charge in [-0.1, -0.05) is 49.9 Å². The Hall–Kier alpha value is -1.35. The van der Waals surface area contributed by atoms with Crippen molar-refractivity contribution in [1.29, 1.82) is 0 Å². The van der Waals surface area contributed by atoms with Crippen LogP contribution in [0.3, 0.4) is 0 Å². The molecule has 1 fully saturated rings. The fourth-order valence-corrected chi connectivity index (χ4v) is 3.11. The molecule has 21 heavy (non-hydrogen) atoms. The van der Waals surface area contributed by atoms with Crippen LogP contribution >= 0.6 is 0 Å². The fourth-order valence-electron chi connectivity index (χ4n) is 3.11. The van der Waals surface area contributed by atoms with Gasteiger partial charge in [0, 0.05) is 6.54 Å². The molecule has 0 amide bonds. The van der Waals surface area contributed by atoms with Crippen molar-refractivity contribution < 1.29 is 9.90 Å². The summed E-state index contributed by atoms with van der Waals surface area (Å²) >= 11 is 0. The predicted molar refractivity (Wildman–Crippen MR) is 85.4 cm³/mol. The molecule has 0 heterocycles. The molecule has 0 aromatic heterocycles. The zero-order valence-corrected chi connectivity index (χ0v) is 13.0. The summed E-state index contributed by atoms with van der Waals surface area (Å²) in [5.74, 6) is -0.227. The standard InChI is InChI=1S/C18H27NO2/c1-14(18(20)21)17-10-8-16(9-11-17)13-19-12-4-7-15-5-2-3-6-15/h8-11,14-15,19H,2-7,12-13H2,1H3,(H,20,21). The van der Waals surface area contributed by atoms with Gasteiger partial charge in [-0.15, -0.1) is 0 Å². The molecule has 1 aliphatic carbocycles. The van der Waals surface area contributed by atoms with Crippen molar-refractivity contribution in [3.05, 3.63) is 35.4 Å². The van der Waals surface area contributed by atoms with Gasteiger partial charge in [0.15, 0.2) is 0 Å². The Balaban J connectivity index is 1.65. The number of hydrogen-bond acceptors (Lipinski definition) is 2. The molecule has 116 valence electrons. The van der Waals surface area contributed by atoms with Gasteiger partial charge in [-0.05, 0) is 43.4 Å². The average Bonchev–Trinajstić information content (AvgIpc) is 3.00. The lowest BCUT2D eigenvalue weighted by Gasteiger charge is -2.10. The molecule has 0 spiro atoms. The molecule has 1 aromatic rings. The second-order valence-corrected chi connectivity index (χ2v) is 6.27. The van der Waals surface area contributed by atoms with E-state index in [2.05, 4.69) is 5.32 Å². The molecule has 0 saturated heterocycles. The Kier molecular flexibility index (Phi) is 6.24. The summed E-state index contributed by atoms with van der Waals surface area (Å²) in [5, 5.41) is 12.5. The van der Waals surface area contributed by atoms with E-state index in [1.165, 1.54) is 44.1 Å². The van der Waals surface area contributed by atoms with Gasteiger partial charge in [-0.25, -0.2) is 0 Å². The largest absolute Gasteiger partial charge is 0.481 e. The molecule has 1 aromatic carbocycles. The van der Waals surface area contributed by atoms with Crippen molar-refractivity contribution in [1.82, 2.24) is 5.32 Å². The predicted octanol–water partition coefficient (Wildman–Crippen LogP) is 3.93. The van der Waals surface area contributed by atoms with E-state index in [1.54, 1.807) is 6.92 Å². The number of carboxylic acid groups (broad SMARTS) is 1. The van der Waals surface area contributed by atoms with Crippen LogP contribution in [-0.4, -0.2) is 17.6 Å². The monoisotopic (exact) mass is 289 g/mol. The molecule has 1 saturated carbocycles. The zero-order chi connectivity index (χ0) is 15.1. The quantitative estimate of drug-likeness (QED) is 0.713. The first kappa shape index (κ1) is 16.0. The molecular weight excluding hydrogens is 262 g/mol. The van der Waals surface area contributed by atoms with Gasteiger partial charge >= 0.3 is 5.97 Å². The lowest BCUT2D eigenvalue weighted by atomic mass is 10.00. The summed E-state index contributed by atoms with van der Waals surface area (Å²) in [6.45, 7) is 3.66. The van der Waals surface area contributed by atoms with E-state index in [0.717, 1.165) is 24.6 Å². The van der Waals surface area contributed by atoms with Crippen LogP contribution in [0.4, 0.5) is 0 Å². The number of carbonyl (C=O) groups is 1. The SMILES string of the molecule is CC(C(=O)O)c1ccc(CNCCCC2CCCC2)cc1. The van der Waals surface area contributed by atoms with Gasteiger partial charge < -0.3 is 10.4 Å². The van der Waals surface area contributed by atoms with E-state index >= 15 is 0 Å². The Morgan fingerprint density at radius 3 is 2.57 bits per heavy atom. The van der Waals surface area contributed by atoms with Crippen LogP contribution in [0.25, 0.3) is 0 Å². The Labute approximate surface area is 127 Å².